The summed E-state index contributed by atoms with van der Waals surface area (Å²) < 4.78 is 6.82. The molecule has 0 aromatic carbocycles. The Balaban J connectivity index is 4.37. The zero-order valence-corrected chi connectivity index (χ0v) is 17.3. The van der Waals surface area contributed by atoms with Crippen LogP contribution in [0.5, 0.6) is 0 Å². The molecule has 0 nitrogen and oxygen atoms in total. The van der Waals surface area contributed by atoms with Crippen molar-refractivity contribution >= 4 is 18.4 Å². The van der Waals surface area contributed by atoms with E-state index in [1.807, 2.05) is 0 Å². The Morgan fingerprint density at radius 3 is 1.05 bits per heavy atom. The van der Waals surface area contributed by atoms with Crippen molar-refractivity contribution in [2.75, 3.05) is 0 Å². The van der Waals surface area contributed by atoms with E-state index in [-0.39, 0.29) is 0 Å². The Kier molecular flexibility index (Phi) is 14.3. The van der Waals surface area contributed by atoms with Crippen molar-refractivity contribution in [1.82, 2.24) is 0 Å². The molecule has 0 amide bonds. The molecule has 116 valence electrons. The van der Waals surface area contributed by atoms with Gasteiger partial charge in [-0.1, -0.05) is 0 Å². The Bertz CT molecular complexity index is 150. The molecule has 0 aliphatic heterocycles. The molecule has 1 heteroatoms. The average molecular weight is 375 g/mol. The average Bonchev–Trinajstić information content (AvgIpc) is 2.40. The zero-order chi connectivity index (χ0) is 14.4. The van der Waals surface area contributed by atoms with Gasteiger partial charge in [-0.3, -0.25) is 0 Å². The number of hydrogen-bond acceptors (Lipinski definition) is 0. The summed E-state index contributed by atoms with van der Waals surface area (Å²) in [4.78, 5) is 0. The molecule has 0 aliphatic rings. The molecular formula is C18H40Sn. The molecule has 0 N–H and O–H groups in total. The van der Waals surface area contributed by atoms with Gasteiger partial charge in [0.2, 0.25) is 0 Å². The van der Waals surface area contributed by atoms with Crippen LogP contribution in [0.2, 0.25) is 17.7 Å². The fourth-order valence-corrected chi connectivity index (χ4v) is 19.4. The van der Waals surface area contributed by atoms with Crippen molar-refractivity contribution < 1.29 is 0 Å². The fourth-order valence-electron chi connectivity index (χ4n) is 3.53. The second-order valence-corrected chi connectivity index (χ2v) is 20.9. The van der Waals surface area contributed by atoms with Crippen LogP contribution >= 0.6 is 0 Å². The third kappa shape index (κ3) is 10.2. The molecule has 0 rings (SSSR count). The first-order chi connectivity index (χ1) is 9.24. The zero-order valence-electron chi connectivity index (χ0n) is 14.4. The Morgan fingerprint density at radius 2 is 0.789 bits per heavy atom. The van der Waals surface area contributed by atoms with E-state index in [0.717, 1.165) is 0 Å². The normalized spacial score (nSPS) is 12.0. The molecule has 0 aromatic rings. The minimum atomic E-state index is -1.73. The number of rotatable bonds is 14. The third-order valence-electron chi connectivity index (χ3n) is 4.71. The summed E-state index contributed by atoms with van der Waals surface area (Å²) in [5.41, 5.74) is 0. The Labute approximate surface area is 128 Å². The van der Waals surface area contributed by atoms with Crippen molar-refractivity contribution in [3.05, 3.63) is 0 Å². The summed E-state index contributed by atoms with van der Waals surface area (Å²) in [5.74, 6) is 0. The van der Waals surface area contributed by atoms with E-state index in [0.29, 0.717) is 0 Å². The van der Waals surface area contributed by atoms with Gasteiger partial charge in [-0.25, -0.2) is 0 Å². The summed E-state index contributed by atoms with van der Waals surface area (Å²) in [6.45, 7) is 9.49. The summed E-state index contributed by atoms with van der Waals surface area (Å²) in [7, 11) is 0. The topological polar surface area (TPSA) is 0 Å². The van der Waals surface area contributed by atoms with E-state index >= 15 is 0 Å². The second-order valence-electron chi connectivity index (χ2n) is 6.62. The molecule has 19 heavy (non-hydrogen) atoms. The van der Waals surface area contributed by atoms with E-state index in [1.165, 1.54) is 44.9 Å². The Hall–Kier alpha value is 0.799. The fraction of sp³-hybridized carbons (Fsp3) is 1.00. The van der Waals surface area contributed by atoms with Crippen molar-refractivity contribution in [2.45, 2.75) is 110 Å². The van der Waals surface area contributed by atoms with Gasteiger partial charge in [0.15, 0.2) is 0 Å². The summed E-state index contributed by atoms with van der Waals surface area (Å²) >= 11 is -1.73. The van der Waals surface area contributed by atoms with E-state index in [4.69, 9.17) is 0 Å². The summed E-state index contributed by atoms with van der Waals surface area (Å²) in [6.07, 6.45) is 14.8. The van der Waals surface area contributed by atoms with Gasteiger partial charge in [-0.05, 0) is 0 Å². The van der Waals surface area contributed by atoms with Crippen molar-refractivity contribution in [3.8, 4) is 0 Å². The Morgan fingerprint density at radius 1 is 0.421 bits per heavy atom. The molecular weight excluding hydrogens is 335 g/mol. The van der Waals surface area contributed by atoms with Gasteiger partial charge in [-0.15, -0.1) is 0 Å². The summed E-state index contributed by atoms with van der Waals surface area (Å²) in [6, 6.07) is 0. The van der Waals surface area contributed by atoms with Gasteiger partial charge in [0.1, 0.15) is 0 Å². The first kappa shape index (κ1) is 19.8. The van der Waals surface area contributed by atoms with E-state index < -0.39 is 18.4 Å². The number of unbranched alkanes of at least 4 members (excludes halogenated alkanes) is 6. The van der Waals surface area contributed by atoms with Gasteiger partial charge in [-0.2, -0.15) is 0 Å². The molecule has 0 bridgehead atoms. The second kappa shape index (κ2) is 13.8. The standard InChI is InChI=1S/3C5H11.C3H7.Sn/c3*1-3-5-4-2;1-3-2;/h3*1,3-5H2,2H3;1,3H2,2H3;. The molecule has 0 radical (unpaired) electrons. The van der Waals surface area contributed by atoms with Crippen LogP contribution in [-0.2, 0) is 0 Å². The van der Waals surface area contributed by atoms with Crippen LogP contribution in [0.3, 0.4) is 0 Å². The first-order valence-corrected chi connectivity index (χ1v) is 17.3. The van der Waals surface area contributed by atoms with E-state index in [9.17, 15) is 0 Å². The third-order valence-corrected chi connectivity index (χ3v) is 21.3. The van der Waals surface area contributed by atoms with E-state index in [2.05, 4.69) is 27.7 Å². The minimum absolute atomic E-state index is 1.40. The molecule has 0 heterocycles. The van der Waals surface area contributed by atoms with Crippen molar-refractivity contribution in [3.63, 3.8) is 0 Å². The predicted octanol–water partition coefficient (Wildman–Crippen LogP) is 7.42. The molecule has 0 saturated carbocycles. The van der Waals surface area contributed by atoms with Gasteiger partial charge in [0, 0.05) is 0 Å². The molecule has 0 aromatic heterocycles. The number of hydrogen-bond donors (Lipinski definition) is 0. The van der Waals surface area contributed by atoms with Crippen LogP contribution in [0.15, 0.2) is 0 Å². The van der Waals surface area contributed by atoms with Crippen LogP contribution in [0.25, 0.3) is 0 Å². The molecule has 0 fully saturated rings. The van der Waals surface area contributed by atoms with Crippen LogP contribution in [0.1, 0.15) is 91.9 Å². The van der Waals surface area contributed by atoms with Gasteiger partial charge >= 0.3 is 128 Å². The molecule has 0 spiro atoms. The van der Waals surface area contributed by atoms with Gasteiger partial charge < -0.3 is 0 Å². The quantitative estimate of drug-likeness (QED) is 0.219. The maximum absolute atomic E-state index is 2.44. The van der Waals surface area contributed by atoms with Crippen LogP contribution in [-0.4, -0.2) is 18.4 Å². The molecule has 0 saturated heterocycles. The molecule has 0 atom stereocenters. The van der Waals surface area contributed by atoms with Gasteiger partial charge in [0.25, 0.3) is 0 Å². The predicted molar refractivity (Wildman–Crippen MR) is 93.8 cm³/mol. The van der Waals surface area contributed by atoms with Crippen LogP contribution in [0.4, 0.5) is 0 Å². The molecule has 0 unspecified atom stereocenters. The maximum atomic E-state index is 2.44. The van der Waals surface area contributed by atoms with Crippen LogP contribution < -0.4 is 0 Å². The first-order valence-electron chi connectivity index (χ1n) is 9.24. The van der Waals surface area contributed by atoms with Crippen LogP contribution in [0, 0.1) is 0 Å². The SMILES string of the molecule is CCCC[CH2][Sn]([CH2]CC)([CH2]CCCC)[CH2]CCCC. The molecule has 0 aliphatic carbocycles. The van der Waals surface area contributed by atoms with Crippen molar-refractivity contribution in [2.24, 2.45) is 0 Å². The monoisotopic (exact) mass is 376 g/mol. The van der Waals surface area contributed by atoms with Gasteiger partial charge in [0.05, 0.1) is 0 Å². The van der Waals surface area contributed by atoms with E-state index in [1.54, 1.807) is 37.0 Å². The van der Waals surface area contributed by atoms with Crippen molar-refractivity contribution in [1.29, 1.82) is 0 Å². The summed E-state index contributed by atoms with van der Waals surface area (Å²) in [5, 5.41) is 0.